The highest BCUT2D eigenvalue weighted by atomic mass is 16.5. The van der Waals surface area contributed by atoms with Crippen molar-refractivity contribution in [3.63, 3.8) is 0 Å². The third-order valence-corrected chi connectivity index (χ3v) is 3.19. The number of aromatic nitrogens is 2. The molecule has 0 aliphatic carbocycles. The smallest absolute Gasteiger partial charge is 0.121 e. The van der Waals surface area contributed by atoms with Crippen LogP contribution < -0.4 is 10.1 Å². The van der Waals surface area contributed by atoms with Crippen LogP contribution in [0.3, 0.4) is 0 Å². The summed E-state index contributed by atoms with van der Waals surface area (Å²) in [5.41, 5.74) is 2.06. The second-order valence-corrected chi connectivity index (χ2v) is 4.87. The van der Waals surface area contributed by atoms with Gasteiger partial charge in [0.15, 0.2) is 0 Å². The first-order chi connectivity index (χ1) is 9.72. The molecule has 1 unspecified atom stereocenters. The van der Waals surface area contributed by atoms with Crippen molar-refractivity contribution < 1.29 is 4.74 Å². The predicted octanol–water partition coefficient (Wildman–Crippen LogP) is 3.16. The minimum atomic E-state index is 0.229. The highest BCUT2D eigenvalue weighted by Gasteiger charge is 2.04. The molecule has 20 heavy (non-hydrogen) atoms. The quantitative estimate of drug-likeness (QED) is 0.842. The Hall–Kier alpha value is -1.81. The Morgan fingerprint density at radius 3 is 2.90 bits per heavy atom. The fourth-order valence-corrected chi connectivity index (χ4v) is 1.87. The van der Waals surface area contributed by atoms with Crippen molar-refractivity contribution in [3.05, 3.63) is 42.2 Å². The summed E-state index contributed by atoms with van der Waals surface area (Å²) >= 11 is 0. The Labute approximate surface area is 120 Å². The monoisotopic (exact) mass is 273 g/mol. The van der Waals surface area contributed by atoms with Crippen LogP contribution in [0.2, 0.25) is 0 Å². The number of nitrogens with zero attached hydrogens (tertiary/aromatic N) is 2. The Morgan fingerprint density at radius 2 is 2.15 bits per heavy atom. The van der Waals surface area contributed by atoms with Crippen molar-refractivity contribution in [2.24, 2.45) is 0 Å². The van der Waals surface area contributed by atoms with Gasteiger partial charge in [0.05, 0.1) is 17.5 Å². The van der Waals surface area contributed by atoms with Crippen LogP contribution in [-0.2, 0) is 6.54 Å². The Balaban J connectivity index is 2.11. The average molecular weight is 273 g/mol. The average Bonchev–Trinajstić information content (AvgIpc) is 2.94. The Bertz CT molecular complexity index is 536. The van der Waals surface area contributed by atoms with Crippen molar-refractivity contribution in [1.82, 2.24) is 15.1 Å². The van der Waals surface area contributed by atoms with E-state index in [1.54, 1.807) is 0 Å². The van der Waals surface area contributed by atoms with Crippen LogP contribution in [0.1, 0.15) is 32.9 Å². The zero-order valence-electron chi connectivity index (χ0n) is 12.5. The summed E-state index contributed by atoms with van der Waals surface area (Å²) < 4.78 is 7.73. The number of hydrogen-bond donors (Lipinski definition) is 1. The molecule has 1 atom stereocenters. The van der Waals surface area contributed by atoms with Gasteiger partial charge in [0.2, 0.25) is 0 Å². The van der Waals surface area contributed by atoms with E-state index in [-0.39, 0.29) is 6.10 Å². The molecule has 0 amide bonds. The SMILES string of the molecule is CCNCc1ccn(-c2cccc(OC(C)CC)c2)n1. The van der Waals surface area contributed by atoms with Crippen LogP contribution in [0.5, 0.6) is 5.75 Å². The van der Waals surface area contributed by atoms with E-state index in [1.165, 1.54) is 0 Å². The zero-order chi connectivity index (χ0) is 14.4. The van der Waals surface area contributed by atoms with E-state index in [4.69, 9.17) is 4.74 Å². The molecule has 2 aromatic rings. The van der Waals surface area contributed by atoms with Crippen molar-refractivity contribution in [1.29, 1.82) is 0 Å². The lowest BCUT2D eigenvalue weighted by Crippen LogP contribution is -2.12. The minimum absolute atomic E-state index is 0.229. The van der Waals surface area contributed by atoms with Gasteiger partial charge >= 0.3 is 0 Å². The van der Waals surface area contributed by atoms with Crippen molar-refractivity contribution in [3.8, 4) is 11.4 Å². The van der Waals surface area contributed by atoms with Crippen molar-refractivity contribution >= 4 is 0 Å². The summed E-state index contributed by atoms with van der Waals surface area (Å²) in [5.74, 6) is 0.889. The molecule has 0 aliphatic rings. The number of ether oxygens (including phenoxy) is 1. The van der Waals surface area contributed by atoms with Crippen LogP contribution >= 0.6 is 0 Å². The molecule has 2 rings (SSSR count). The van der Waals surface area contributed by atoms with E-state index in [0.29, 0.717) is 0 Å². The molecule has 1 aromatic carbocycles. The van der Waals surface area contributed by atoms with Crippen LogP contribution in [0.15, 0.2) is 36.5 Å². The maximum Gasteiger partial charge on any atom is 0.121 e. The van der Waals surface area contributed by atoms with Crippen LogP contribution in [0.4, 0.5) is 0 Å². The van der Waals surface area contributed by atoms with Gasteiger partial charge in [-0.25, -0.2) is 4.68 Å². The van der Waals surface area contributed by atoms with Gasteiger partial charge in [0, 0.05) is 18.8 Å². The molecule has 0 aliphatic heterocycles. The summed E-state index contributed by atoms with van der Waals surface area (Å²) in [6.45, 7) is 8.04. The van der Waals surface area contributed by atoms with Crippen molar-refractivity contribution in [2.45, 2.75) is 39.8 Å². The largest absolute Gasteiger partial charge is 0.491 e. The number of hydrogen-bond acceptors (Lipinski definition) is 3. The molecule has 1 aromatic heterocycles. The summed E-state index contributed by atoms with van der Waals surface area (Å²) in [6, 6.07) is 10.1. The molecule has 0 spiro atoms. The fraction of sp³-hybridized carbons (Fsp3) is 0.438. The summed E-state index contributed by atoms with van der Waals surface area (Å²) in [4.78, 5) is 0. The molecule has 4 heteroatoms. The van der Waals surface area contributed by atoms with Crippen molar-refractivity contribution in [2.75, 3.05) is 6.54 Å². The van der Waals surface area contributed by atoms with Gasteiger partial charge in [-0.1, -0.05) is 19.9 Å². The van der Waals surface area contributed by atoms with E-state index in [9.17, 15) is 0 Å². The van der Waals surface area contributed by atoms with Gasteiger partial charge in [-0.3, -0.25) is 0 Å². The first-order valence-corrected chi connectivity index (χ1v) is 7.25. The fourth-order valence-electron chi connectivity index (χ4n) is 1.87. The molecule has 0 saturated carbocycles. The second-order valence-electron chi connectivity index (χ2n) is 4.87. The number of benzene rings is 1. The topological polar surface area (TPSA) is 39.1 Å². The molecule has 0 bridgehead atoms. The molecule has 0 radical (unpaired) electrons. The highest BCUT2D eigenvalue weighted by Crippen LogP contribution is 2.18. The van der Waals surface area contributed by atoms with E-state index in [2.05, 4.69) is 31.2 Å². The maximum absolute atomic E-state index is 5.84. The van der Waals surface area contributed by atoms with Crippen LogP contribution in [0.25, 0.3) is 5.69 Å². The first-order valence-electron chi connectivity index (χ1n) is 7.25. The molecule has 1 heterocycles. The van der Waals surface area contributed by atoms with Crippen LogP contribution in [0, 0.1) is 0 Å². The molecular formula is C16H23N3O. The zero-order valence-corrected chi connectivity index (χ0v) is 12.5. The lowest BCUT2D eigenvalue weighted by Gasteiger charge is -2.13. The third kappa shape index (κ3) is 3.84. The predicted molar refractivity (Wildman–Crippen MR) is 81.3 cm³/mol. The molecule has 0 fully saturated rings. The number of rotatable bonds is 7. The van der Waals surface area contributed by atoms with E-state index in [1.807, 2.05) is 41.2 Å². The molecular weight excluding hydrogens is 250 g/mol. The lowest BCUT2D eigenvalue weighted by molar-refractivity contribution is 0.217. The first kappa shape index (κ1) is 14.6. The molecule has 108 valence electrons. The van der Waals surface area contributed by atoms with E-state index < -0.39 is 0 Å². The molecule has 4 nitrogen and oxygen atoms in total. The summed E-state index contributed by atoms with van der Waals surface area (Å²) in [6.07, 6.45) is 3.21. The van der Waals surface area contributed by atoms with Gasteiger partial charge in [-0.05, 0) is 38.1 Å². The normalized spacial score (nSPS) is 12.3. The van der Waals surface area contributed by atoms with Crippen LogP contribution in [-0.4, -0.2) is 22.4 Å². The van der Waals surface area contributed by atoms with Gasteiger partial charge < -0.3 is 10.1 Å². The molecule has 1 N–H and O–H groups in total. The van der Waals surface area contributed by atoms with E-state index >= 15 is 0 Å². The summed E-state index contributed by atoms with van der Waals surface area (Å²) in [5, 5.41) is 7.83. The van der Waals surface area contributed by atoms with Gasteiger partial charge in [-0.2, -0.15) is 5.10 Å². The highest BCUT2D eigenvalue weighted by molar-refractivity contribution is 5.38. The maximum atomic E-state index is 5.84. The molecule has 0 saturated heterocycles. The Kier molecular flexibility index (Phi) is 5.18. The Morgan fingerprint density at radius 1 is 1.30 bits per heavy atom. The standard InChI is InChI=1S/C16H23N3O/c1-4-13(3)20-16-8-6-7-15(11-16)19-10-9-14(18-19)12-17-5-2/h6-11,13,17H,4-5,12H2,1-3H3. The second kappa shape index (κ2) is 7.10. The van der Waals surface area contributed by atoms with Gasteiger partial charge in [0.25, 0.3) is 0 Å². The summed E-state index contributed by atoms with van der Waals surface area (Å²) in [7, 11) is 0. The third-order valence-electron chi connectivity index (χ3n) is 3.19. The van der Waals surface area contributed by atoms with Gasteiger partial charge in [0.1, 0.15) is 5.75 Å². The lowest BCUT2D eigenvalue weighted by atomic mass is 10.3. The van der Waals surface area contributed by atoms with Gasteiger partial charge in [-0.15, -0.1) is 0 Å². The van der Waals surface area contributed by atoms with E-state index in [0.717, 1.165) is 36.6 Å². The number of nitrogens with one attached hydrogen (secondary N) is 1. The minimum Gasteiger partial charge on any atom is -0.491 e.